The lowest BCUT2D eigenvalue weighted by Crippen LogP contribution is -2.33. The monoisotopic (exact) mass is 762 g/mol. The van der Waals surface area contributed by atoms with Gasteiger partial charge >= 0.3 is 11.9 Å². The molecule has 0 amide bonds. The number of anilines is 1. The van der Waals surface area contributed by atoms with Crippen molar-refractivity contribution in [3.05, 3.63) is 113 Å². The second-order valence-corrected chi connectivity index (χ2v) is 13.4. The third-order valence-electron chi connectivity index (χ3n) is 9.45. The van der Waals surface area contributed by atoms with E-state index in [0.29, 0.717) is 56.7 Å². The number of ether oxygens (including phenoxy) is 2. The Morgan fingerprint density at radius 2 is 1.27 bits per heavy atom. The van der Waals surface area contributed by atoms with E-state index in [1.54, 1.807) is 36.4 Å². The number of carbonyl (C=O) groups excluding carboxylic acids is 2. The molecule has 0 radical (unpaired) electrons. The maximum absolute atomic E-state index is 11.9. The molecule has 2 aliphatic rings. The van der Waals surface area contributed by atoms with Gasteiger partial charge in [-0.1, -0.05) is 72.3 Å². The Balaban J connectivity index is 0.000000162. The van der Waals surface area contributed by atoms with E-state index >= 15 is 0 Å². The molecule has 8 rings (SSSR count). The van der Waals surface area contributed by atoms with Crippen LogP contribution >= 0.6 is 11.6 Å². The Morgan fingerprint density at radius 1 is 0.709 bits per heavy atom. The van der Waals surface area contributed by atoms with Gasteiger partial charge in [-0.25, -0.2) is 29.5 Å². The van der Waals surface area contributed by atoms with Crippen molar-refractivity contribution in [3.8, 4) is 22.5 Å². The van der Waals surface area contributed by atoms with Crippen LogP contribution in [0.4, 0.5) is 5.82 Å². The van der Waals surface area contributed by atoms with Crippen LogP contribution in [0.5, 0.6) is 0 Å². The van der Waals surface area contributed by atoms with Crippen LogP contribution in [0.2, 0.25) is 5.15 Å². The number of esters is 2. The maximum Gasteiger partial charge on any atom is 0.337 e. The molecular formula is C42H43ClN6O6. The second kappa shape index (κ2) is 18.7. The van der Waals surface area contributed by atoms with Crippen LogP contribution in [0.1, 0.15) is 46.4 Å². The zero-order valence-electron chi connectivity index (χ0n) is 30.7. The lowest BCUT2D eigenvalue weighted by molar-refractivity contribution is 0.0592. The topological polar surface area (TPSA) is 160 Å². The molecule has 2 fully saturated rings. The average Bonchev–Trinajstić information content (AvgIpc) is 3.96. The highest BCUT2D eigenvalue weighted by molar-refractivity contribution is 6.32. The number of hydrogen-bond donors (Lipinski definition) is 3. The van der Waals surface area contributed by atoms with Crippen molar-refractivity contribution in [2.45, 2.75) is 37.8 Å². The first-order valence-electron chi connectivity index (χ1n) is 18.1. The number of nitrogens with zero attached hydrogens (tertiary/aromatic N) is 5. The molecule has 0 bridgehead atoms. The van der Waals surface area contributed by atoms with Crippen molar-refractivity contribution in [2.75, 3.05) is 45.4 Å². The highest BCUT2D eigenvalue weighted by atomic mass is 35.5. The van der Waals surface area contributed by atoms with E-state index in [0.717, 1.165) is 55.0 Å². The Bertz CT molecular complexity index is 2240. The van der Waals surface area contributed by atoms with E-state index in [1.807, 2.05) is 60.7 Å². The molecule has 0 spiro atoms. The zero-order valence-corrected chi connectivity index (χ0v) is 31.4. The minimum absolute atomic E-state index is 0.0306. The number of aromatic nitrogens is 4. The van der Waals surface area contributed by atoms with Crippen LogP contribution in [-0.2, 0) is 9.47 Å². The van der Waals surface area contributed by atoms with Gasteiger partial charge in [0.1, 0.15) is 11.4 Å². The number of aliphatic hydroxyl groups excluding tert-OH is 2. The van der Waals surface area contributed by atoms with Crippen LogP contribution in [0.3, 0.4) is 0 Å². The number of methoxy groups -OCH3 is 2. The largest absolute Gasteiger partial charge is 0.465 e. The normalized spacial score (nSPS) is 16.2. The minimum atomic E-state index is -0.415. The van der Waals surface area contributed by atoms with Gasteiger partial charge < -0.3 is 29.9 Å². The van der Waals surface area contributed by atoms with Crippen molar-refractivity contribution in [3.63, 3.8) is 0 Å². The highest BCUT2D eigenvalue weighted by Crippen LogP contribution is 2.34. The number of fused-ring (bicyclic) bond motifs is 2. The van der Waals surface area contributed by atoms with Gasteiger partial charge in [0.25, 0.3) is 0 Å². The van der Waals surface area contributed by atoms with Gasteiger partial charge in [0, 0.05) is 23.7 Å². The molecule has 4 heterocycles. The number of aliphatic hydroxyl groups is 2. The fourth-order valence-electron chi connectivity index (χ4n) is 6.55. The summed E-state index contributed by atoms with van der Waals surface area (Å²) in [7, 11) is 2.70. The molecule has 2 aliphatic heterocycles. The van der Waals surface area contributed by atoms with Crippen molar-refractivity contribution < 1.29 is 29.3 Å². The SMILES string of the molecule is COC(=O)c1ccc2nc(-c3ccccc3)c(Cl)nc2c1.COC(=O)c1ccc2nc(-c3ccccc3)c(N3CCC[C@H]3CO)nc2c1.OC[C@@H]1CCCN1. The molecule has 3 N–H and O–H groups in total. The molecule has 13 heteroatoms. The molecule has 284 valence electrons. The van der Waals surface area contributed by atoms with Crippen LogP contribution in [0, 0.1) is 0 Å². The number of hydrogen-bond acceptors (Lipinski definition) is 12. The number of nitrogens with one attached hydrogen (secondary N) is 1. The van der Waals surface area contributed by atoms with Crippen LogP contribution in [0.25, 0.3) is 44.6 Å². The summed E-state index contributed by atoms with van der Waals surface area (Å²) < 4.78 is 9.50. The van der Waals surface area contributed by atoms with E-state index in [9.17, 15) is 14.7 Å². The van der Waals surface area contributed by atoms with Gasteiger partial charge in [-0.15, -0.1) is 0 Å². The van der Waals surface area contributed by atoms with Crippen molar-refractivity contribution in [2.24, 2.45) is 0 Å². The number of rotatable bonds is 7. The fourth-order valence-corrected chi connectivity index (χ4v) is 6.80. The summed E-state index contributed by atoms with van der Waals surface area (Å²) in [5.41, 5.74) is 6.72. The molecule has 0 unspecified atom stereocenters. The second-order valence-electron chi connectivity index (χ2n) is 13.0. The van der Waals surface area contributed by atoms with Gasteiger partial charge in [0.15, 0.2) is 11.0 Å². The van der Waals surface area contributed by atoms with E-state index < -0.39 is 11.9 Å². The van der Waals surface area contributed by atoms with Crippen molar-refractivity contribution in [1.29, 1.82) is 0 Å². The summed E-state index contributed by atoms with van der Waals surface area (Å²) in [6.07, 6.45) is 4.30. The zero-order chi connectivity index (χ0) is 38.7. The molecule has 12 nitrogen and oxygen atoms in total. The Morgan fingerprint density at radius 3 is 1.78 bits per heavy atom. The summed E-state index contributed by atoms with van der Waals surface area (Å²) in [6.45, 7) is 2.29. The molecule has 2 aromatic heterocycles. The standard InChI is InChI=1S/C21H21N3O3.C16H11ClN2O2.C5H11NO/c1-27-21(26)15-9-10-17-18(12-15)23-20(24-11-5-8-16(24)13-25)19(22-17)14-6-3-2-4-7-14;1-21-16(20)11-7-8-12-13(9-11)19-15(17)14(18-12)10-5-3-2-4-6-10;7-4-5-2-1-3-6-5/h2-4,6-7,9-10,12,16,25H,5,8,11,13H2,1H3;2-9H,1H3;5-7H,1-4H2/t16-;;5-/m0.0/s1. The van der Waals surface area contributed by atoms with Crippen LogP contribution < -0.4 is 10.2 Å². The molecule has 4 aromatic carbocycles. The fraction of sp³-hybridized carbons (Fsp3) is 0.286. The number of carbonyl (C=O) groups is 2. The van der Waals surface area contributed by atoms with E-state index in [-0.39, 0.29) is 12.6 Å². The van der Waals surface area contributed by atoms with Crippen molar-refractivity contribution >= 4 is 51.4 Å². The first kappa shape index (κ1) is 39.2. The smallest absolute Gasteiger partial charge is 0.337 e. The van der Waals surface area contributed by atoms with Gasteiger partial charge in [0.2, 0.25) is 0 Å². The van der Waals surface area contributed by atoms with E-state index in [1.165, 1.54) is 20.6 Å². The Kier molecular flexibility index (Phi) is 13.3. The summed E-state index contributed by atoms with van der Waals surface area (Å²) in [5, 5.41) is 21.7. The van der Waals surface area contributed by atoms with Crippen molar-refractivity contribution in [1.82, 2.24) is 25.3 Å². The molecule has 0 aliphatic carbocycles. The Hall–Kier alpha value is -5.53. The third-order valence-corrected chi connectivity index (χ3v) is 9.71. The predicted molar refractivity (Wildman–Crippen MR) is 213 cm³/mol. The average molecular weight is 763 g/mol. The minimum Gasteiger partial charge on any atom is -0.465 e. The summed E-state index contributed by atoms with van der Waals surface area (Å²) in [5.74, 6) is -0.0731. The lowest BCUT2D eigenvalue weighted by Gasteiger charge is -2.26. The molecule has 0 saturated carbocycles. The summed E-state index contributed by atoms with van der Waals surface area (Å²) >= 11 is 6.21. The van der Waals surface area contributed by atoms with Crippen LogP contribution in [-0.4, -0.2) is 94.7 Å². The summed E-state index contributed by atoms with van der Waals surface area (Å²) in [4.78, 5) is 44.1. The number of halogens is 1. The van der Waals surface area contributed by atoms with Gasteiger partial charge in [-0.3, -0.25) is 0 Å². The summed E-state index contributed by atoms with van der Waals surface area (Å²) in [6, 6.07) is 30.2. The molecular weight excluding hydrogens is 720 g/mol. The van der Waals surface area contributed by atoms with E-state index in [2.05, 4.69) is 24.9 Å². The first-order valence-corrected chi connectivity index (χ1v) is 18.5. The maximum atomic E-state index is 11.9. The first-order chi connectivity index (χ1) is 26.8. The third kappa shape index (κ3) is 9.41. The highest BCUT2D eigenvalue weighted by Gasteiger charge is 2.28. The van der Waals surface area contributed by atoms with Gasteiger partial charge in [-0.05, 0) is 68.6 Å². The van der Waals surface area contributed by atoms with E-state index in [4.69, 9.17) is 31.4 Å². The van der Waals surface area contributed by atoms with Gasteiger partial charge in [-0.2, -0.15) is 0 Å². The molecule has 55 heavy (non-hydrogen) atoms. The predicted octanol–water partition coefficient (Wildman–Crippen LogP) is 6.51. The number of benzene rings is 4. The quantitative estimate of drug-likeness (QED) is 0.152. The van der Waals surface area contributed by atoms with Gasteiger partial charge in [0.05, 0.1) is 66.7 Å². The molecule has 6 aromatic rings. The molecule has 2 saturated heterocycles. The lowest BCUT2D eigenvalue weighted by atomic mass is 10.1. The van der Waals surface area contributed by atoms with Crippen LogP contribution in [0.15, 0.2) is 97.1 Å². The Labute approximate surface area is 324 Å². The molecule has 2 atom stereocenters.